The summed E-state index contributed by atoms with van der Waals surface area (Å²) in [5, 5.41) is 5.44. The van der Waals surface area contributed by atoms with Crippen LogP contribution in [0.5, 0.6) is 0 Å². The average molecular weight is 469 g/mol. The number of nitrogens with two attached hydrogens (primary N) is 1. The minimum absolute atomic E-state index is 0.00554. The number of hydrogen-bond donors (Lipinski definition) is 3. The van der Waals surface area contributed by atoms with Crippen LogP contribution in [0, 0.1) is 5.92 Å². The van der Waals surface area contributed by atoms with Crippen molar-refractivity contribution >= 4 is 34.8 Å². The summed E-state index contributed by atoms with van der Waals surface area (Å²) in [6.45, 7) is 11.0. The Bertz CT molecular complexity index is 925. The summed E-state index contributed by atoms with van der Waals surface area (Å²) in [6.07, 6.45) is 2.64. The highest BCUT2D eigenvalue weighted by molar-refractivity contribution is 6.09. The SMILES string of the molecule is CC.CC(C)C.Nc1ccccc1NC(=O)CCCCCN1C(=O)CNC(=O)c2ccccc21. The van der Waals surface area contributed by atoms with E-state index in [1.54, 1.807) is 35.2 Å². The van der Waals surface area contributed by atoms with Gasteiger partial charge >= 0.3 is 0 Å². The fourth-order valence-corrected chi connectivity index (χ4v) is 3.18. The Morgan fingerprint density at radius 2 is 1.62 bits per heavy atom. The average Bonchev–Trinajstić information content (AvgIpc) is 2.93. The first-order valence-corrected chi connectivity index (χ1v) is 12.1. The van der Waals surface area contributed by atoms with E-state index in [-0.39, 0.29) is 24.3 Å². The molecule has 0 atom stereocenters. The summed E-state index contributed by atoms with van der Waals surface area (Å²) in [4.78, 5) is 38.1. The van der Waals surface area contributed by atoms with E-state index < -0.39 is 0 Å². The number of unbranched alkanes of at least 4 members (excludes halogenated alkanes) is 2. The van der Waals surface area contributed by atoms with Gasteiger partial charge in [0.1, 0.15) is 0 Å². The molecule has 7 heteroatoms. The molecule has 3 rings (SSSR count). The van der Waals surface area contributed by atoms with Gasteiger partial charge in [0.15, 0.2) is 0 Å². The molecule has 1 aliphatic rings. The Balaban J connectivity index is 0.000000872. The molecule has 4 N–H and O–H groups in total. The number of nitrogens with one attached hydrogen (secondary N) is 2. The van der Waals surface area contributed by atoms with E-state index in [0.717, 1.165) is 18.8 Å². The zero-order chi connectivity index (χ0) is 25.5. The Kier molecular flexibility index (Phi) is 13.1. The first-order valence-electron chi connectivity index (χ1n) is 12.1. The van der Waals surface area contributed by atoms with E-state index in [0.29, 0.717) is 42.0 Å². The lowest BCUT2D eigenvalue weighted by molar-refractivity contribution is -0.118. The van der Waals surface area contributed by atoms with Crippen LogP contribution >= 0.6 is 0 Å². The number of amides is 3. The standard InChI is InChI=1S/C21H24N4O3.C4H10.C2H6/c22-16-9-4-5-10-17(16)24-19(26)12-2-1-7-13-25-18-11-6-3-8-15(18)21(28)23-14-20(25)27;1-4(2)3;1-2/h3-6,8-11H,1-2,7,12-14,22H2,(H,23,28)(H,24,26);4H,1-3H3;1-2H3. The summed E-state index contributed by atoms with van der Waals surface area (Å²) in [6, 6.07) is 14.3. The zero-order valence-corrected chi connectivity index (χ0v) is 21.2. The van der Waals surface area contributed by atoms with Crippen LogP contribution in [0.3, 0.4) is 0 Å². The van der Waals surface area contributed by atoms with Crippen molar-refractivity contribution in [2.75, 3.05) is 29.0 Å². The van der Waals surface area contributed by atoms with Gasteiger partial charge in [-0.25, -0.2) is 0 Å². The van der Waals surface area contributed by atoms with E-state index in [1.165, 1.54) is 0 Å². The Morgan fingerprint density at radius 3 is 2.29 bits per heavy atom. The summed E-state index contributed by atoms with van der Waals surface area (Å²) >= 11 is 0. The van der Waals surface area contributed by atoms with E-state index in [4.69, 9.17) is 5.73 Å². The van der Waals surface area contributed by atoms with Gasteiger partial charge in [0.25, 0.3) is 5.91 Å². The molecule has 0 fully saturated rings. The number of nitrogens with zero attached hydrogens (tertiary/aromatic N) is 1. The number of benzene rings is 2. The van der Waals surface area contributed by atoms with Crippen LogP contribution < -0.4 is 21.3 Å². The Labute approximate surface area is 204 Å². The number of carbonyl (C=O) groups excluding carboxylic acids is 3. The maximum Gasteiger partial charge on any atom is 0.253 e. The van der Waals surface area contributed by atoms with Crippen molar-refractivity contribution in [3.05, 3.63) is 54.1 Å². The van der Waals surface area contributed by atoms with Gasteiger partial charge in [-0.1, -0.05) is 65.3 Å². The second-order valence-corrected chi connectivity index (χ2v) is 8.42. The van der Waals surface area contributed by atoms with Crippen LogP contribution in [0.25, 0.3) is 0 Å². The molecule has 0 saturated heterocycles. The third-order valence-corrected chi connectivity index (χ3v) is 4.66. The van der Waals surface area contributed by atoms with Gasteiger partial charge < -0.3 is 21.3 Å². The maximum absolute atomic E-state index is 12.4. The quantitative estimate of drug-likeness (QED) is 0.382. The van der Waals surface area contributed by atoms with Crippen molar-refractivity contribution in [1.29, 1.82) is 0 Å². The van der Waals surface area contributed by atoms with Gasteiger partial charge in [-0.15, -0.1) is 0 Å². The van der Waals surface area contributed by atoms with E-state index in [2.05, 4.69) is 31.4 Å². The summed E-state index contributed by atoms with van der Waals surface area (Å²) in [5.41, 5.74) is 8.13. The fourth-order valence-electron chi connectivity index (χ4n) is 3.18. The smallest absolute Gasteiger partial charge is 0.253 e. The third kappa shape index (κ3) is 9.65. The number of carbonyl (C=O) groups is 3. The van der Waals surface area contributed by atoms with E-state index in [1.807, 2.05) is 32.0 Å². The third-order valence-electron chi connectivity index (χ3n) is 4.66. The van der Waals surface area contributed by atoms with Crippen molar-refractivity contribution in [2.45, 2.75) is 60.3 Å². The van der Waals surface area contributed by atoms with Crippen molar-refractivity contribution in [3.63, 3.8) is 0 Å². The molecule has 186 valence electrons. The lowest BCUT2D eigenvalue weighted by Crippen LogP contribution is -2.37. The zero-order valence-electron chi connectivity index (χ0n) is 21.2. The summed E-state index contributed by atoms with van der Waals surface area (Å²) in [5.74, 6) is 0.391. The van der Waals surface area contributed by atoms with E-state index in [9.17, 15) is 14.4 Å². The molecule has 7 nitrogen and oxygen atoms in total. The van der Waals surface area contributed by atoms with Gasteiger partial charge in [-0.05, 0) is 43.0 Å². The second kappa shape index (κ2) is 15.5. The second-order valence-electron chi connectivity index (χ2n) is 8.42. The highest BCUT2D eigenvalue weighted by Crippen LogP contribution is 2.23. The molecular formula is C27H40N4O3. The number of para-hydroxylation sites is 3. The van der Waals surface area contributed by atoms with E-state index >= 15 is 0 Å². The molecule has 0 bridgehead atoms. The molecule has 2 aromatic carbocycles. The number of hydrogen-bond acceptors (Lipinski definition) is 4. The topological polar surface area (TPSA) is 105 Å². The molecule has 1 heterocycles. The molecule has 0 radical (unpaired) electrons. The number of anilines is 3. The molecule has 0 aromatic heterocycles. The van der Waals surface area contributed by atoms with Crippen molar-refractivity contribution in [1.82, 2.24) is 5.32 Å². The highest BCUT2D eigenvalue weighted by Gasteiger charge is 2.25. The normalized spacial score (nSPS) is 12.4. The van der Waals surface area contributed by atoms with Gasteiger partial charge in [0.2, 0.25) is 11.8 Å². The highest BCUT2D eigenvalue weighted by atomic mass is 16.2. The number of fused-ring (bicyclic) bond motifs is 1. The predicted molar refractivity (Wildman–Crippen MR) is 141 cm³/mol. The first-order chi connectivity index (χ1) is 16.3. The van der Waals surface area contributed by atoms with Crippen LogP contribution in [0.15, 0.2) is 48.5 Å². The van der Waals surface area contributed by atoms with Crippen molar-refractivity contribution < 1.29 is 14.4 Å². The van der Waals surface area contributed by atoms with Crippen LogP contribution in [0.1, 0.15) is 70.7 Å². The van der Waals surface area contributed by atoms with Gasteiger partial charge in [0, 0.05) is 13.0 Å². The Morgan fingerprint density at radius 1 is 1.00 bits per heavy atom. The molecule has 0 unspecified atom stereocenters. The molecule has 34 heavy (non-hydrogen) atoms. The molecule has 3 amide bonds. The molecule has 1 aliphatic heterocycles. The summed E-state index contributed by atoms with van der Waals surface area (Å²) in [7, 11) is 0. The molecule has 0 saturated carbocycles. The van der Waals surface area contributed by atoms with Crippen LogP contribution in [-0.4, -0.2) is 30.8 Å². The number of rotatable bonds is 7. The van der Waals surface area contributed by atoms with Crippen LogP contribution in [-0.2, 0) is 9.59 Å². The minimum atomic E-state index is -0.233. The largest absolute Gasteiger partial charge is 0.397 e. The molecule has 0 spiro atoms. The van der Waals surface area contributed by atoms with Crippen molar-refractivity contribution in [3.8, 4) is 0 Å². The number of nitrogen functional groups attached to an aromatic ring is 1. The van der Waals surface area contributed by atoms with Gasteiger partial charge in [-0.2, -0.15) is 0 Å². The molecule has 2 aromatic rings. The van der Waals surface area contributed by atoms with Gasteiger partial charge in [-0.3, -0.25) is 14.4 Å². The molecular weight excluding hydrogens is 428 g/mol. The minimum Gasteiger partial charge on any atom is -0.397 e. The maximum atomic E-state index is 12.4. The van der Waals surface area contributed by atoms with Crippen LogP contribution in [0.4, 0.5) is 17.1 Å². The molecule has 0 aliphatic carbocycles. The first kappa shape index (κ1) is 28.7. The fraction of sp³-hybridized carbons (Fsp3) is 0.444. The van der Waals surface area contributed by atoms with Gasteiger partial charge in [0.05, 0.1) is 29.2 Å². The monoisotopic (exact) mass is 468 g/mol. The predicted octanol–water partition coefficient (Wildman–Crippen LogP) is 5.23. The lowest BCUT2D eigenvalue weighted by Gasteiger charge is -2.22. The summed E-state index contributed by atoms with van der Waals surface area (Å²) < 4.78 is 0. The van der Waals surface area contributed by atoms with Crippen molar-refractivity contribution in [2.24, 2.45) is 5.92 Å². The van der Waals surface area contributed by atoms with Crippen LogP contribution in [0.2, 0.25) is 0 Å². The lowest BCUT2D eigenvalue weighted by atomic mass is 10.1. The Hall–Kier alpha value is -3.35.